The molecule has 0 heterocycles. The highest BCUT2D eigenvalue weighted by Gasteiger charge is 2.20. The molecule has 0 aliphatic carbocycles. The monoisotopic (exact) mass is 288 g/mol. The van der Waals surface area contributed by atoms with Gasteiger partial charge in [-0.15, -0.1) is 0 Å². The van der Waals surface area contributed by atoms with Gasteiger partial charge in [-0.05, 0) is 12.1 Å². The highest BCUT2D eigenvalue weighted by molar-refractivity contribution is 6.40. The Hall–Kier alpha value is -1.26. The van der Waals surface area contributed by atoms with Gasteiger partial charge in [0.1, 0.15) is 0 Å². The summed E-state index contributed by atoms with van der Waals surface area (Å²) in [6.45, 7) is 0. The third-order valence-electron chi connectivity index (χ3n) is 2.32. The Morgan fingerprint density at radius 3 is 1.61 bits per heavy atom. The Labute approximate surface area is 116 Å². The van der Waals surface area contributed by atoms with Crippen LogP contribution in [0.15, 0.2) is 12.1 Å². The van der Waals surface area contributed by atoms with Crippen LogP contribution in [0.2, 0.25) is 10.0 Å². The fourth-order valence-electron chi connectivity index (χ4n) is 1.38. The van der Waals surface area contributed by atoms with Crippen LogP contribution in [0.3, 0.4) is 0 Å². The van der Waals surface area contributed by atoms with Crippen LogP contribution in [0, 0.1) is 0 Å². The minimum absolute atomic E-state index is 0.173. The molecule has 2 amide bonds. The van der Waals surface area contributed by atoms with Gasteiger partial charge in [-0.3, -0.25) is 9.59 Å². The van der Waals surface area contributed by atoms with E-state index in [0.29, 0.717) is 5.56 Å². The maximum Gasteiger partial charge on any atom is 0.256 e. The second-order valence-electron chi connectivity index (χ2n) is 4.21. The molecule has 0 atom stereocenters. The summed E-state index contributed by atoms with van der Waals surface area (Å²) in [5, 5.41) is 0.345. The minimum Gasteiger partial charge on any atom is -0.345 e. The van der Waals surface area contributed by atoms with Crippen molar-refractivity contribution in [2.45, 2.75) is 0 Å². The first kappa shape index (κ1) is 14.8. The summed E-state index contributed by atoms with van der Waals surface area (Å²) in [6, 6.07) is 2.90. The lowest BCUT2D eigenvalue weighted by atomic mass is 10.1. The maximum absolute atomic E-state index is 11.9. The molecule has 1 aromatic carbocycles. The predicted molar refractivity (Wildman–Crippen MR) is 72.5 cm³/mol. The number of amides is 2. The molecule has 0 fully saturated rings. The van der Waals surface area contributed by atoms with Gasteiger partial charge in [0.15, 0.2) is 0 Å². The summed E-state index contributed by atoms with van der Waals surface area (Å²) in [5.74, 6) is -0.517. The first-order valence-corrected chi connectivity index (χ1v) is 5.93. The Morgan fingerprint density at radius 2 is 1.28 bits per heavy atom. The molecule has 0 unspecified atom stereocenters. The van der Waals surface area contributed by atoms with Gasteiger partial charge >= 0.3 is 0 Å². The van der Waals surface area contributed by atoms with Crippen LogP contribution in [-0.2, 0) is 0 Å². The third kappa shape index (κ3) is 2.94. The number of nitrogens with zero attached hydrogens (tertiary/aromatic N) is 2. The van der Waals surface area contributed by atoms with Crippen LogP contribution < -0.4 is 0 Å². The van der Waals surface area contributed by atoms with Gasteiger partial charge in [0, 0.05) is 33.8 Å². The molecule has 0 aromatic heterocycles. The lowest BCUT2D eigenvalue weighted by Crippen LogP contribution is -2.24. The zero-order valence-electron chi connectivity index (χ0n) is 10.6. The average Bonchev–Trinajstić information content (AvgIpc) is 2.26. The Bertz CT molecular complexity index is 476. The third-order valence-corrected chi connectivity index (χ3v) is 2.91. The van der Waals surface area contributed by atoms with E-state index in [1.54, 1.807) is 28.2 Å². The molecule has 0 aliphatic heterocycles. The van der Waals surface area contributed by atoms with Crippen molar-refractivity contribution in [1.82, 2.24) is 9.80 Å². The topological polar surface area (TPSA) is 40.6 Å². The van der Waals surface area contributed by atoms with Gasteiger partial charge in [-0.1, -0.05) is 23.2 Å². The summed E-state index contributed by atoms with van der Waals surface area (Å²) < 4.78 is 0. The predicted octanol–water partition coefficient (Wildman–Crippen LogP) is 2.40. The molecule has 0 saturated carbocycles. The SMILES string of the molecule is CN(C)C(=O)c1cc(Cl)c(C(=O)N(C)C)c(Cl)c1. The second-order valence-corrected chi connectivity index (χ2v) is 5.03. The molecule has 98 valence electrons. The Morgan fingerprint density at radius 1 is 0.889 bits per heavy atom. The van der Waals surface area contributed by atoms with Crippen molar-refractivity contribution >= 4 is 35.0 Å². The van der Waals surface area contributed by atoms with E-state index in [0.717, 1.165) is 0 Å². The number of hydrogen-bond donors (Lipinski definition) is 0. The summed E-state index contributed by atoms with van der Waals surface area (Å²) in [5.41, 5.74) is 0.559. The molecule has 0 radical (unpaired) electrons. The first-order chi connectivity index (χ1) is 8.25. The summed E-state index contributed by atoms with van der Waals surface area (Å²) in [7, 11) is 6.47. The standard InChI is InChI=1S/C12H14Cl2N2O2/c1-15(2)11(17)7-5-8(13)10(9(14)6-7)12(18)16(3)4/h5-6H,1-4H3. The van der Waals surface area contributed by atoms with Gasteiger partial charge < -0.3 is 9.80 Å². The fourth-order valence-corrected chi connectivity index (χ4v) is 2.03. The van der Waals surface area contributed by atoms with Crippen LogP contribution >= 0.6 is 23.2 Å². The normalized spacial score (nSPS) is 10.1. The number of rotatable bonds is 2. The molecule has 0 N–H and O–H groups in total. The van der Waals surface area contributed by atoms with Gasteiger partial charge in [-0.2, -0.15) is 0 Å². The van der Waals surface area contributed by atoms with Crippen molar-refractivity contribution in [3.8, 4) is 0 Å². The molecule has 0 saturated heterocycles. The molecule has 0 spiro atoms. The van der Waals surface area contributed by atoms with Gasteiger partial charge in [-0.25, -0.2) is 0 Å². The van der Waals surface area contributed by atoms with E-state index in [1.165, 1.54) is 21.9 Å². The molecule has 18 heavy (non-hydrogen) atoms. The van der Waals surface area contributed by atoms with Crippen LogP contribution in [0.5, 0.6) is 0 Å². The van der Waals surface area contributed by atoms with Crippen LogP contribution in [0.25, 0.3) is 0 Å². The highest BCUT2D eigenvalue weighted by atomic mass is 35.5. The first-order valence-electron chi connectivity index (χ1n) is 5.18. The van der Waals surface area contributed by atoms with E-state index in [-0.39, 0.29) is 27.4 Å². The van der Waals surface area contributed by atoms with Crippen molar-refractivity contribution in [3.05, 3.63) is 33.3 Å². The van der Waals surface area contributed by atoms with Gasteiger partial charge in [0.05, 0.1) is 15.6 Å². The number of hydrogen-bond acceptors (Lipinski definition) is 2. The van der Waals surface area contributed by atoms with Crippen molar-refractivity contribution in [3.63, 3.8) is 0 Å². The minimum atomic E-state index is -0.297. The number of halogens is 2. The van der Waals surface area contributed by atoms with Crippen LogP contribution in [0.1, 0.15) is 20.7 Å². The quantitative estimate of drug-likeness (QED) is 0.838. The number of carbonyl (C=O) groups excluding carboxylic acids is 2. The van der Waals surface area contributed by atoms with Gasteiger partial charge in [0.25, 0.3) is 11.8 Å². The smallest absolute Gasteiger partial charge is 0.256 e. The zero-order chi connectivity index (χ0) is 14.0. The van der Waals surface area contributed by atoms with Crippen molar-refractivity contribution in [2.75, 3.05) is 28.2 Å². The zero-order valence-corrected chi connectivity index (χ0v) is 12.1. The van der Waals surface area contributed by atoms with E-state index in [9.17, 15) is 9.59 Å². The van der Waals surface area contributed by atoms with Crippen molar-refractivity contribution in [1.29, 1.82) is 0 Å². The fraction of sp³-hybridized carbons (Fsp3) is 0.333. The lowest BCUT2D eigenvalue weighted by Gasteiger charge is -2.15. The summed E-state index contributed by atoms with van der Waals surface area (Å²) >= 11 is 12.0. The van der Waals surface area contributed by atoms with E-state index in [2.05, 4.69) is 0 Å². The average molecular weight is 289 g/mol. The Kier molecular flexibility index (Phi) is 4.59. The molecular weight excluding hydrogens is 275 g/mol. The van der Waals surface area contributed by atoms with Crippen LogP contribution in [0.4, 0.5) is 0 Å². The molecule has 0 bridgehead atoms. The molecule has 1 aromatic rings. The largest absolute Gasteiger partial charge is 0.345 e. The summed E-state index contributed by atoms with van der Waals surface area (Å²) in [4.78, 5) is 26.4. The number of benzene rings is 1. The van der Waals surface area contributed by atoms with Crippen molar-refractivity contribution in [2.24, 2.45) is 0 Å². The van der Waals surface area contributed by atoms with Crippen LogP contribution in [-0.4, -0.2) is 49.8 Å². The van der Waals surface area contributed by atoms with Gasteiger partial charge in [0.2, 0.25) is 0 Å². The van der Waals surface area contributed by atoms with Crippen molar-refractivity contribution < 1.29 is 9.59 Å². The lowest BCUT2D eigenvalue weighted by molar-refractivity contribution is 0.0816. The molecular formula is C12H14Cl2N2O2. The highest BCUT2D eigenvalue weighted by Crippen LogP contribution is 2.28. The maximum atomic E-state index is 11.9. The molecule has 0 aliphatic rings. The second kappa shape index (κ2) is 5.59. The molecule has 4 nitrogen and oxygen atoms in total. The van der Waals surface area contributed by atoms with E-state index >= 15 is 0 Å². The number of carbonyl (C=O) groups is 2. The Balaban J connectivity index is 3.29. The molecule has 6 heteroatoms. The van der Waals surface area contributed by atoms with E-state index < -0.39 is 0 Å². The van der Waals surface area contributed by atoms with E-state index in [1.807, 2.05) is 0 Å². The van der Waals surface area contributed by atoms with E-state index in [4.69, 9.17) is 23.2 Å². The summed E-state index contributed by atoms with van der Waals surface area (Å²) in [6.07, 6.45) is 0. The molecule has 1 rings (SSSR count).